The van der Waals surface area contributed by atoms with Crippen molar-refractivity contribution in [2.45, 2.75) is 55.4 Å². The van der Waals surface area contributed by atoms with Crippen molar-refractivity contribution < 1.29 is 68.1 Å². The van der Waals surface area contributed by atoms with Crippen molar-refractivity contribution in [2.75, 3.05) is 0 Å². The average Bonchev–Trinajstić information content (AvgIpc) is 1.66. The van der Waals surface area contributed by atoms with E-state index >= 15 is 0 Å². The van der Waals surface area contributed by atoms with Gasteiger partial charge >= 0.3 is 29.7 Å². The third-order valence-corrected chi connectivity index (χ3v) is 14.2. The summed E-state index contributed by atoms with van der Waals surface area (Å²) in [6.45, 7) is 13.1. The monoisotopic (exact) mass is 1470 g/mol. The number of halogens is 2. The van der Waals surface area contributed by atoms with E-state index in [4.69, 9.17) is 43.4 Å². The lowest BCUT2D eigenvalue weighted by Gasteiger charge is -2.04. The molecule has 0 bridgehead atoms. The lowest BCUT2D eigenvalue weighted by Crippen LogP contribution is -2.23. The van der Waals surface area contributed by atoms with E-state index in [0.29, 0.717) is 67.9 Å². The first-order chi connectivity index (χ1) is 48.8. The summed E-state index contributed by atoms with van der Waals surface area (Å²) in [4.78, 5) is 138. The molecule has 0 fully saturated rings. The van der Waals surface area contributed by atoms with Crippen molar-refractivity contribution in [1.82, 2.24) is 81.8 Å². The highest BCUT2D eigenvalue weighted by molar-refractivity contribution is 6.29. The summed E-state index contributed by atoms with van der Waals surface area (Å²) in [5.74, 6) is -2.61. The Hall–Kier alpha value is -13.2. The Bertz CT molecular complexity index is 4800. The van der Waals surface area contributed by atoms with Crippen LogP contribution in [0.1, 0.15) is 134 Å². The van der Waals surface area contributed by atoms with Gasteiger partial charge in [-0.1, -0.05) is 34.0 Å². The third-order valence-electron chi connectivity index (χ3n) is 13.9. The Morgan fingerprint density at radius 1 is 0.442 bits per heavy atom. The minimum atomic E-state index is -0.879. The van der Waals surface area contributed by atoms with Crippen LogP contribution in [0.5, 0.6) is 0 Å². The number of aromatic nitrogens is 17. The summed E-state index contributed by atoms with van der Waals surface area (Å²) in [5, 5.41) is 53.0. The van der Waals surface area contributed by atoms with Gasteiger partial charge in [-0.3, -0.25) is 29.3 Å². The molecule has 0 unspecified atom stereocenters. The Kier molecular flexibility index (Phi) is 28.8. The van der Waals surface area contributed by atoms with Crippen molar-refractivity contribution in [3.63, 3.8) is 0 Å². The number of imidazole rings is 3. The first-order valence-corrected chi connectivity index (χ1v) is 30.8. The van der Waals surface area contributed by atoms with Crippen molar-refractivity contribution in [3.8, 4) is 0 Å². The summed E-state index contributed by atoms with van der Waals surface area (Å²) in [5.41, 5.74) is 8.96. The quantitative estimate of drug-likeness (QED) is 0.0442. The molecule has 0 saturated heterocycles. The lowest BCUT2D eigenvalue weighted by atomic mass is 10.3. The lowest BCUT2D eigenvalue weighted by molar-refractivity contribution is -0.389. The predicted molar refractivity (Wildman–Crippen MR) is 378 cm³/mol. The van der Waals surface area contributed by atoms with Gasteiger partial charge in [-0.2, -0.15) is 0 Å². The highest BCUT2D eigenvalue weighted by Gasteiger charge is 2.21. The number of aryl methyl sites for hydroxylation is 12. The van der Waals surface area contributed by atoms with Crippen molar-refractivity contribution in [1.29, 1.82) is 0 Å². The maximum absolute atomic E-state index is 12.1. The Labute approximate surface area is 601 Å². The van der Waals surface area contributed by atoms with Crippen LogP contribution >= 0.6 is 23.6 Å². The van der Waals surface area contributed by atoms with E-state index in [1.807, 2.05) is 58.2 Å². The molecular weight excluding hydrogens is 1400 g/mol. The van der Waals surface area contributed by atoms with Crippen LogP contribution in [0.3, 0.4) is 0 Å². The van der Waals surface area contributed by atoms with E-state index in [2.05, 4.69) is 45.2 Å². The first kappa shape index (κ1) is 81.5. The Morgan fingerprint density at radius 2 is 0.856 bits per heavy atom. The van der Waals surface area contributed by atoms with Crippen LogP contribution < -0.4 is 9.68 Å². The molecule has 2 N–H and O–H groups in total. The number of nitrogens with zero attached hydrogens (tertiary/aromatic N) is 21. The molecule has 2 aromatic carbocycles. The van der Waals surface area contributed by atoms with E-state index in [0.717, 1.165) is 32.1 Å². The minimum Gasteiger partial charge on any atom is -0.600 e. The van der Waals surface area contributed by atoms with Crippen LogP contribution in [0.15, 0.2) is 128 Å². The summed E-state index contributed by atoms with van der Waals surface area (Å²) in [6, 6.07) is 22.5. The number of carboxylic acids is 2. The molecule has 10 heterocycles. The molecule has 0 amide bonds. The predicted octanol–water partition coefficient (Wildman–Crippen LogP) is 9.99. The van der Waals surface area contributed by atoms with E-state index in [1.54, 1.807) is 156 Å². The van der Waals surface area contributed by atoms with Crippen molar-refractivity contribution >= 4 is 116 Å². The molecule has 12 rings (SSSR count). The standard InChI is InChI=1S/C13H12N4O2.C12H11N5O2.C7H8ClN2O.C7H8N2O3.2C7H9NO2.C6H7ClN3O.C6H7N3O3/c1-9-7-12(16(2)8-9)13(18)19-17-11-6-4-3-5-10(11)14-15-17;1-8-7-16(2)11(13-8)12(18)19-17-10-6-4-3-5-9(10)14-15-17;1-5(11)7-3-6(9-8)4-10(7)2;1-5(10)7-3-6(9(11)12)4-8(7)2;2*1-5-3-6(7(9)10)8(2)4-5;1-4(11)6-8-5(9-7)3-10(6)2;1-4(10)6-7-5(9(11)12)3-8(6)2/h3-8H,1-2H3;3-7H,1-2H3;3-4H,1-2H3;3-4H,1-2H3;2*3-4H,1-2H3,(H,9,10);3H,1-2H3;3H,1-2H3/q;;-1;;;;-1;. The number of benzene rings is 2. The third kappa shape index (κ3) is 22.4. The van der Waals surface area contributed by atoms with Crippen LogP contribution in [-0.4, -0.2) is 149 Å². The van der Waals surface area contributed by atoms with Gasteiger partial charge in [-0.15, -0.1) is 27.7 Å². The molecule has 0 aliphatic heterocycles. The number of carbonyl (C=O) groups excluding carboxylic acids is 6. The summed E-state index contributed by atoms with van der Waals surface area (Å²) < 4.78 is 12.6. The van der Waals surface area contributed by atoms with E-state index in [-0.39, 0.29) is 46.3 Å². The number of Topliss-reactive ketones (excluding diaryl/α,β-unsaturated/α-hetero) is 4. The molecule has 0 aliphatic rings. The van der Waals surface area contributed by atoms with Gasteiger partial charge in [0.15, 0.2) is 17.3 Å². The number of rotatable bonds is 14. The fourth-order valence-corrected chi connectivity index (χ4v) is 9.50. The summed E-state index contributed by atoms with van der Waals surface area (Å²) in [7, 11) is 13.6. The first-order valence-electron chi connectivity index (χ1n) is 30.1. The highest BCUT2D eigenvalue weighted by atomic mass is 35.5. The van der Waals surface area contributed by atoms with E-state index in [1.165, 1.54) is 62.3 Å². The smallest absolute Gasteiger partial charge is 0.400 e. The van der Waals surface area contributed by atoms with Crippen LogP contribution in [0.25, 0.3) is 31.7 Å². The van der Waals surface area contributed by atoms with Gasteiger partial charge in [0, 0.05) is 121 Å². The highest BCUT2D eigenvalue weighted by Crippen LogP contribution is 2.24. The maximum atomic E-state index is 12.1. The Morgan fingerprint density at radius 3 is 1.16 bits per heavy atom. The van der Waals surface area contributed by atoms with Gasteiger partial charge in [-0.05, 0) is 125 Å². The normalized spacial score (nSPS) is 10.2. The number of nitro groups is 2. The van der Waals surface area contributed by atoms with E-state index in [9.17, 15) is 58.6 Å². The SMILES string of the molecule is CC(=O)c1cc([N+](=O)[O-])cn1C.CC(=O)c1cc([N-]Cl)cn1C.CC(=O)c1nc([N+](=O)[O-])cn1C.CC(=O)c1nc([N-]Cl)cn1C.Cc1cc(C(=O)O)n(C)c1.Cc1cc(C(=O)O)n(C)c1.Cc1cc(C(=O)On2nnc3ccccc32)n(C)c1.Cc1cn(C)c(C(=O)On2nnc3ccccc32)n1. The molecule has 0 atom stereocenters. The fraction of sp³-hybridized carbons (Fsp3) is 0.246. The molecule has 0 aliphatic carbocycles. The maximum Gasteiger partial charge on any atom is 0.400 e. The molecule has 548 valence electrons. The molecule has 104 heavy (non-hydrogen) atoms. The average molecular weight is 1470 g/mol. The number of fused-ring (bicyclic) bond motifs is 2. The van der Waals surface area contributed by atoms with Gasteiger partial charge in [0.05, 0.1) is 34.0 Å². The molecule has 0 radical (unpaired) electrons. The molecule has 10 aromatic heterocycles. The zero-order chi connectivity index (χ0) is 77.7. The molecule has 37 nitrogen and oxygen atoms in total. The number of carbonyl (C=O) groups is 8. The van der Waals surface area contributed by atoms with Crippen molar-refractivity contribution in [2.24, 2.45) is 56.4 Å². The van der Waals surface area contributed by atoms with Gasteiger partial charge in [0.25, 0.3) is 11.5 Å². The van der Waals surface area contributed by atoms with Crippen LogP contribution in [0.2, 0.25) is 0 Å². The number of carboxylic acid groups (broad SMARTS) is 2. The molecule has 12 aromatic rings. The van der Waals surface area contributed by atoms with E-state index < -0.39 is 33.7 Å². The zero-order valence-corrected chi connectivity index (χ0v) is 60.4. The number of para-hydroxylation sites is 2. The minimum absolute atomic E-state index is 0.0130. The molecular formula is C65H71Cl2N21O16-2. The topological polar surface area (TPSA) is 449 Å². The molecule has 0 spiro atoms. The van der Waals surface area contributed by atoms with Crippen molar-refractivity contribution in [3.05, 3.63) is 227 Å². The Balaban J connectivity index is 0.000000217. The van der Waals surface area contributed by atoms with Crippen LogP contribution in [-0.2, 0) is 56.4 Å². The van der Waals surface area contributed by atoms with Crippen LogP contribution in [0.4, 0.5) is 23.0 Å². The fourth-order valence-electron chi connectivity index (χ4n) is 9.32. The largest absolute Gasteiger partial charge is 0.600 e. The van der Waals surface area contributed by atoms with Crippen LogP contribution in [0, 0.1) is 47.9 Å². The molecule has 0 saturated carbocycles. The second kappa shape index (κ2) is 36.8. The number of aromatic carboxylic acids is 2. The second-order valence-electron chi connectivity index (χ2n) is 22.5. The van der Waals surface area contributed by atoms with Gasteiger partial charge in [0.1, 0.15) is 45.3 Å². The number of ketones is 4. The van der Waals surface area contributed by atoms with Gasteiger partial charge < -0.3 is 81.2 Å². The van der Waals surface area contributed by atoms with Gasteiger partial charge in [-0.25, -0.2) is 35.9 Å². The zero-order valence-electron chi connectivity index (χ0n) is 58.9. The van der Waals surface area contributed by atoms with Gasteiger partial charge in [0.2, 0.25) is 11.6 Å². The second-order valence-corrected chi connectivity index (χ2v) is 22.8. The molecule has 39 heteroatoms. The summed E-state index contributed by atoms with van der Waals surface area (Å²) >= 11 is 10.4. The number of hydrogen-bond acceptors (Lipinski definition) is 21. The summed E-state index contributed by atoms with van der Waals surface area (Å²) in [6.07, 6.45) is 13.0. The number of hydrogen-bond donors (Lipinski definition) is 2.